The number of nitrogen functional groups attached to an aromatic ring is 1. The van der Waals surface area contributed by atoms with Crippen molar-refractivity contribution in [2.24, 2.45) is 11.3 Å². The summed E-state index contributed by atoms with van der Waals surface area (Å²) in [6, 6.07) is 0.0491. The van der Waals surface area contributed by atoms with Crippen LogP contribution in [-0.2, 0) is 4.74 Å². The standard InChI is InChI=1S/C33H41N9O4/c1-17(2)42-31-25(29(34)36-16-37-31)26(39-42)27-24(28(46-40-27)21-4-5-21)30-35-14-23(18(3)38-30)20-6-8-41(9-7-20)32(44)45-22-12-33(13-22)10-19(11-33)15-43/h14,16-17,19-22,43H,4-13,15H2,1-3H3,(H2,34,36,37). The van der Waals surface area contributed by atoms with E-state index in [0.29, 0.717) is 58.5 Å². The molecule has 4 aliphatic rings. The lowest BCUT2D eigenvalue weighted by Gasteiger charge is -2.56. The van der Waals surface area contributed by atoms with Gasteiger partial charge in [0, 0.05) is 43.5 Å². The van der Waals surface area contributed by atoms with Gasteiger partial charge in [0.15, 0.2) is 17.2 Å². The summed E-state index contributed by atoms with van der Waals surface area (Å²) in [4.78, 5) is 33.4. The molecule has 46 heavy (non-hydrogen) atoms. The fourth-order valence-corrected chi connectivity index (χ4v) is 8.03. The van der Waals surface area contributed by atoms with Crippen molar-refractivity contribution in [3.63, 3.8) is 0 Å². The smallest absolute Gasteiger partial charge is 0.410 e. The molecule has 0 unspecified atom stereocenters. The van der Waals surface area contributed by atoms with Crippen molar-refractivity contribution < 1.29 is 19.2 Å². The highest BCUT2D eigenvalue weighted by Gasteiger charge is 2.54. The Bertz CT molecular complexity index is 1790. The van der Waals surface area contributed by atoms with E-state index in [2.05, 4.69) is 15.1 Å². The number of nitrogens with zero attached hydrogens (tertiary/aromatic N) is 8. The fraction of sp³-hybridized carbons (Fsp3) is 0.606. The van der Waals surface area contributed by atoms with E-state index in [1.807, 2.05) is 36.5 Å². The number of amides is 1. The highest BCUT2D eigenvalue weighted by Crippen LogP contribution is 2.59. The Hall–Kier alpha value is -4.13. The summed E-state index contributed by atoms with van der Waals surface area (Å²) < 4.78 is 13.6. The number of piperidine rings is 1. The molecule has 13 nitrogen and oxygen atoms in total. The topological polar surface area (TPSA) is 171 Å². The van der Waals surface area contributed by atoms with Gasteiger partial charge in [0.2, 0.25) is 0 Å². The molecule has 0 atom stereocenters. The van der Waals surface area contributed by atoms with Gasteiger partial charge >= 0.3 is 6.09 Å². The summed E-state index contributed by atoms with van der Waals surface area (Å²) in [6.45, 7) is 7.66. The molecule has 242 valence electrons. The third-order valence-corrected chi connectivity index (χ3v) is 10.6. The molecule has 0 radical (unpaired) electrons. The van der Waals surface area contributed by atoms with Crippen molar-refractivity contribution in [2.45, 2.75) is 96.1 Å². The maximum Gasteiger partial charge on any atom is 0.410 e. The number of carbonyl (C=O) groups excluding carboxylic acids is 1. The SMILES string of the molecule is Cc1nc(-c2c(-c3nn(C(C)C)c4ncnc(N)c34)noc2C2CC2)ncc1C1CCN(C(=O)OC2CC3(CC(CO)C3)C2)CC1. The van der Waals surface area contributed by atoms with Crippen molar-refractivity contribution in [1.29, 1.82) is 0 Å². The zero-order valence-corrected chi connectivity index (χ0v) is 26.6. The van der Waals surface area contributed by atoms with Crippen molar-refractivity contribution >= 4 is 22.9 Å². The summed E-state index contributed by atoms with van der Waals surface area (Å²) in [5.74, 6) is 2.62. The van der Waals surface area contributed by atoms with E-state index in [1.165, 1.54) is 6.33 Å². The van der Waals surface area contributed by atoms with Crippen LogP contribution >= 0.6 is 0 Å². The fourth-order valence-electron chi connectivity index (χ4n) is 8.03. The predicted molar refractivity (Wildman–Crippen MR) is 169 cm³/mol. The van der Waals surface area contributed by atoms with Crippen LogP contribution in [-0.4, -0.2) is 76.8 Å². The second kappa shape index (κ2) is 11.0. The van der Waals surface area contributed by atoms with Crippen LogP contribution in [0.25, 0.3) is 33.8 Å². The average molecular weight is 628 g/mol. The molecule has 4 aromatic rings. The van der Waals surface area contributed by atoms with Gasteiger partial charge in [-0.3, -0.25) is 0 Å². The normalized spacial score (nSPS) is 24.8. The number of carbonyl (C=O) groups is 1. The lowest BCUT2D eigenvalue weighted by atomic mass is 9.51. The molecule has 5 heterocycles. The van der Waals surface area contributed by atoms with Crippen LogP contribution in [0.3, 0.4) is 0 Å². The summed E-state index contributed by atoms with van der Waals surface area (Å²) in [5, 5.41) is 19.4. The third-order valence-electron chi connectivity index (χ3n) is 10.6. The lowest BCUT2D eigenvalue weighted by molar-refractivity contribution is -0.126. The number of ether oxygens (including phenoxy) is 1. The molecule has 0 aromatic carbocycles. The zero-order valence-electron chi connectivity index (χ0n) is 26.6. The largest absolute Gasteiger partial charge is 0.446 e. The number of aryl methyl sites for hydroxylation is 1. The summed E-state index contributed by atoms with van der Waals surface area (Å²) in [5.41, 5.74) is 11.2. The van der Waals surface area contributed by atoms with Crippen LogP contribution in [0.5, 0.6) is 0 Å². The number of aliphatic hydroxyl groups excluding tert-OH is 1. The Balaban J connectivity index is 0.997. The van der Waals surface area contributed by atoms with Crippen LogP contribution < -0.4 is 5.73 Å². The first-order valence-corrected chi connectivity index (χ1v) is 16.6. The van der Waals surface area contributed by atoms with E-state index in [-0.39, 0.29) is 36.7 Å². The number of aromatic nitrogens is 7. The highest BCUT2D eigenvalue weighted by molar-refractivity contribution is 6.00. The Morgan fingerprint density at radius 1 is 1.09 bits per heavy atom. The first kappa shape index (κ1) is 29.3. The number of anilines is 1. The summed E-state index contributed by atoms with van der Waals surface area (Å²) in [7, 11) is 0. The average Bonchev–Trinajstić information content (AvgIpc) is 3.63. The number of rotatable bonds is 7. The van der Waals surface area contributed by atoms with E-state index in [4.69, 9.17) is 30.1 Å². The van der Waals surface area contributed by atoms with Gasteiger partial charge in [0.05, 0.1) is 10.9 Å². The van der Waals surface area contributed by atoms with Gasteiger partial charge < -0.3 is 25.0 Å². The second-order valence-electron chi connectivity index (χ2n) is 14.3. The van der Waals surface area contributed by atoms with Gasteiger partial charge in [0.1, 0.15) is 29.6 Å². The van der Waals surface area contributed by atoms with Crippen LogP contribution in [0.2, 0.25) is 0 Å². The first-order valence-electron chi connectivity index (χ1n) is 16.6. The maximum atomic E-state index is 12.9. The lowest BCUT2D eigenvalue weighted by Crippen LogP contribution is -2.53. The number of aliphatic hydroxyl groups is 1. The van der Waals surface area contributed by atoms with Crippen molar-refractivity contribution in [1.82, 2.24) is 39.8 Å². The van der Waals surface area contributed by atoms with E-state index in [9.17, 15) is 9.90 Å². The highest BCUT2D eigenvalue weighted by atomic mass is 16.6. The molecule has 1 amide bonds. The molecular formula is C33H41N9O4. The molecule has 4 fully saturated rings. The van der Waals surface area contributed by atoms with Crippen LogP contribution in [0.1, 0.15) is 100 Å². The number of likely N-dealkylation sites (tertiary alicyclic amines) is 1. The minimum absolute atomic E-state index is 0.0111. The Morgan fingerprint density at radius 2 is 1.85 bits per heavy atom. The Morgan fingerprint density at radius 3 is 2.52 bits per heavy atom. The van der Waals surface area contributed by atoms with Crippen molar-refractivity contribution in [3.05, 3.63) is 29.5 Å². The van der Waals surface area contributed by atoms with Gasteiger partial charge in [-0.1, -0.05) is 5.16 Å². The number of fused-ring (bicyclic) bond motifs is 1. The third kappa shape index (κ3) is 4.90. The summed E-state index contributed by atoms with van der Waals surface area (Å²) >= 11 is 0. The number of nitrogens with two attached hydrogens (primary N) is 1. The number of hydrogen-bond donors (Lipinski definition) is 2. The second-order valence-corrected chi connectivity index (χ2v) is 14.3. The monoisotopic (exact) mass is 627 g/mol. The summed E-state index contributed by atoms with van der Waals surface area (Å²) in [6.07, 6.45) is 10.9. The zero-order chi connectivity index (χ0) is 31.7. The van der Waals surface area contributed by atoms with E-state index in [0.717, 1.165) is 73.9 Å². The van der Waals surface area contributed by atoms with Gasteiger partial charge in [-0.05, 0) is 95.0 Å². The van der Waals surface area contributed by atoms with Crippen LogP contribution in [0, 0.1) is 18.3 Å². The first-order chi connectivity index (χ1) is 22.2. The molecule has 3 saturated carbocycles. The van der Waals surface area contributed by atoms with Gasteiger partial charge in [-0.25, -0.2) is 29.4 Å². The van der Waals surface area contributed by atoms with Crippen LogP contribution in [0.15, 0.2) is 17.0 Å². The molecule has 3 N–H and O–H groups in total. The number of hydrogen-bond acceptors (Lipinski definition) is 11. The minimum Gasteiger partial charge on any atom is -0.446 e. The molecule has 1 spiro atoms. The molecule has 8 rings (SSSR count). The molecule has 4 aromatic heterocycles. The molecule has 1 saturated heterocycles. The maximum absolute atomic E-state index is 12.9. The minimum atomic E-state index is -0.203. The Kier molecular flexibility index (Phi) is 7.00. The molecular weight excluding hydrogens is 586 g/mol. The van der Waals surface area contributed by atoms with Crippen molar-refractivity contribution in [3.8, 4) is 22.8 Å². The van der Waals surface area contributed by atoms with Gasteiger partial charge in [-0.15, -0.1) is 0 Å². The van der Waals surface area contributed by atoms with E-state index < -0.39 is 0 Å². The van der Waals surface area contributed by atoms with Gasteiger partial charge in [0.25, 0.3) is 0 Å². The van der Waals surface area contributed by atoms with E-state index >= 15 is 0 Å². The van der Waals surface area contributed by atoms with E-state index in [1.54, 1.807) is 0 Å². The predicted octanol–water partition coefficient (Wildman–Crippen LogP) is 5.15. The van der Waals surface area contributed by atoms with Crippen LogP contribution in [0.4, 0.5) is 10.6 Å². The molecule has 0 bridgehead atoms. The Labute approximate surface area is 266 Å². The molecule has 3 aliphatic carbocycles. The quantitative estimate of drug-likeness (QED) is 0.277. The van der Waals surface area contributed by atoms with Crippen molar-refractivity contribution in [2.75, 3.05) is 25.4 Å². The molecule has 13 heteroatoms. The van der Waals surface area contributed by atoms with Gasteiger partial charge in [-0.2, -0.15) is 5.10 Å². The molecule has 1 aliphatic heterocycles.